The molecule has 110 valence electrons. The van der Waals surface area contributed by atoms with Gasteiger partial charge in [0.2, 0.25) is 0 Å². The van der Waals surface area contributed by atoms with Gasteiger partial charge >= 0.3 is 0 Å². The number of likely N-dealkylation sites (N-methyl/N-ethyl adjacent to an activating group) is 1. The first-order valence-electron chi connectivity index (χ1n) is 6.65. The van der Waals surface area contributed by atoms with Crippen LogP contribution in [-0.4, -0.2) is 36.0 Å². The molecule has 0 radical (unpaired) electrons. The van der Waals surface area contributed by atoms with E-state index in [1.165, 1.54) is 6.20 Å². The number of rotatable bonds is 6. The van der Waals surface area contributed by atoms with Crippen LogP contribution in [0.3, 0.4) is 0 Å². The van der Waals surface area contributed by atoms with Crippen LogP contribution in [0.5, 0.6) is 0 Å². The highest BCUT2D eigenvalue weighted by Gasteiger charge is 2.14. The average molecular weight is 305 g/mol. The van der Waals surface area contributed by atoms with Gasteiger partial charge in [-0.05, 0) is 11.6 Å². The molecule has 0 saturated carbocycles. The lowest BCUT2D eigenvalue weighted by atomic mass is 10.2. The average Bonchev–Trinajstić information content (AvgIpc) is 2.52. The molecule has 1 amide bonds. The van der Waals surface area contributed by atoms with Crippen molar-refractivity contribution in [2.24, 2.45) is 0 Å². The van der Waals surface area contributed by atoms with Crippen LogP contribution in [0.15, 0.2) is 48.8 Å². The number of halogens is 1. The smallest absolute Gasteiger partial charge is 0.255 e. The first-order chi connectivity index (χ1) is 10.2. The fourth-order valence-electron chi connectivity index (χ4n) is 1.82. The minimum Gasteiger partial charge on any atom is -0.375 e. The number of aromatic nitrogens is 1. The van der Waals surface area contributed by atoms with Crippen LogP contribution < -0.4 is 0 Å². The third-order valence-electron chi connectivity index (χ3n) is 3.03. The number of hydrogen-bond donors (Lipinski definition) is 0. The summed E-state index contributed by atoms with van der Waals surface area (Å²) in [6.07, 6.45) is 3.02. The summed E-state index contributed by atoms with van der Waals surface area (Å²) in [4.78, 5) is 17.6. The number of benzene rings is 1. The van der Waals surface area contributed by atoms with Crippen molar-refractivity contribution in [1.29, 1.82) is 0 Å². The Morgan fingerprint density at radius 1 is 1.29 bits per heavy atom. The Labute approximate surface area is 129 Å². The summed E-state index contributed by atoms with van der Waals surface area (Å²) in [6.45, 7) is 1.52. The topological polar surface area (TPSA) is 42.4 Å². The van der Waals surface area contributed by atoms with Gasteiger partial charge in [0.05, 0.1) is 23.8 Å². The van der Waals surface area contributed by atoms with Crippen LogP contribution in [0, 0.1) is 0 Å². The molecule has 1 heterocycles. The molecule has 2 aromatic rings. The molecule has 0 bridgehead atoms. The zero-order valence-corrected chi connectivity index (χ0v) is 12.6. The lowest BCUT2D eigenvalue weighted by Gasteiger charge is -2.17. The first kappa shape index (κ1) is 15.5. The van der Waals surface area contributed by atoms with Crippen molar-refractivity contribution in [3.8, 4) is 0 Å². The maximum atomic E-state index is 12.2. The molecular weight excluding hydrogens is 288 g/mol. The molecule has 0 aliphatic heterocycles. The largest absolute Gasteiger partial charge is 0.375 e. The normalized spacial score (nSPS) is 10.4. The first-order valence-corrected chi connectivity index (χ1v) is 7.03. The monoisotopic (exact) mass is 304 g/mol. The molecule has 21 heavy (non-hydrogen) atoms. The molecule has 0 spiro atoms. The predicted molar refractivity (Wildman–Crippen MR) is 82.3 cm³/mol. The molecule has 0 aliphatic carbocycles. The molecule has 1 aromatic heterocycles. The molecule has 0 atom stereocenters. The molecule has 1 aromatic carbocycles. The van der Waals surface area contributed by atoms with Crippen molar-refractivity contribution < 1.29 is 9.53 Å². The molecule has 0 fully saturated rings. The van der Waals surface area contributed by atoms with E-state index in [2.05, 4.69) is 4.98 Å². The number of pyridine rings is 1. The van der Waals surface area contributed by atoms with Crippen LogP contribution in [0.25, 0.3) is 0 Å². The lowest BCUT2D eigenvalue weighted by molar-refractivity contribution is 0.0670. The van der Waals surface area contributed by atoms with Gasteiger partial charge in [0.25, 0.3) is 5.91 Å². The van der Waals surface area contributed by atoms with Crippen molar-refractivity contribution in [3.05, 3.63) is 64.9 Å². The number of nitrogens with zero attached hydrogens (tertiary/aromatic N) is 2. The van der Waals surface area contributed by atoms with E-state index in [4.69, 9.17) is 16.3 Å². The second kappa shape index (κ2) is 7.76. The maximum absolute atomic E-state index is 12.2. The Bertz CT molecular complexity index is 590. The van der Waals surface area contributed by atoms with Gasteiger partial charge in [-0.3, -0.25) is 9.78 Å². The highest BCUT2D eigenvalue weighted by molar-refractivity contribution is 6.33. The Hall–Kier alpha value is -1.91. The molecule has 5 heteroatoms. The Morgan fingerprint density at radius 2 is 2.05 bits per heavy atom. The highest BCUT2D eigenvalue weighted by atomic mass is 35.5. The number of carbonyl (C=O) groups excluding carboxylic acids is 1. The summed E-state index contributed by atoms with van der Waals surface area (Å²) in [5.41, 5.74) is 1.57. The van der Waals surface area contributed by atoms with Crippen molar-refractivity contribution >= 4 is 17.5 Å². The van der Waals surface area contributed by atoms with Crippen LogP contribution in [0.2, 0.25) is 5.02 Å². The number of ether oxygens (including phenoxy) is 1. The van der Waals surface area contributed by atoms with Crippen molar-refractivity contribution in [3.63, 3.8) is 0 Å². The van der Waals surface area contributed by atoms with Gasteiger partial charge in [-0.1, -0.05) is 41.9 Å². The van der Waals surface area contributed by atoms with Crippen LogP contribution in [0.4, 0.5) is 0 Å². The molecule has 0 N–H and O–H groups in total. The third-order valence-corrected chi connectivity index (χ3v) is 3.33. The molecular formula is C16H17ClN2O2. The predicted octanol–water partition coefficient (Wildman–Crippen LogP) is 3.02. The third kappa shape index (κ3) is 4.55. The Kier molecular flexibility index (Phi) is 5.72. The van der Waals surface area contributed by atoms with Crippen molar-refractivity contribution in [1.82, 2.24) is 9.88 Å². The van der Waals surface area contributed by atoms with Gasteiger partial charge in [0.15, 0.2) is 0 Å². The van der Waals surface area contributed by atoms with Gasteiger partial charge in [0.1, 0.15) is 0 Å². The lowest BCUT2D eigenvalue weighted by Crippen LogP contribution is -2.30. The summed E-state index contributed by atoms with van der Waals surface area (Å²) in [6, 6.07) is 11.5. The van der Waals surface area contributed by atoms with Gasteiger partial charge in [0, 0.05) is 26.0 Å². The molecule has 4 nitrogen and oxygen atoms in total. The number of carbonyl (C=O) groups is 1. The molecule has 0 saturated heterocycles. The van der Waals surface area contributed by atoms with Crippen LogP contribution >= 0.6 is 11.6 Å². The summed E-state index contributed by atoms with van der Waals surface area (Å²) in [7, 11) is 1.73. The number of amides is 1. The van der Waals surface area contributed by atoms with E-state index in [-0.39, 0.29) is 5.91 Å². The maximum Gasteiger partial charge on any atom is 0.255 e. The van der Waals surface area contributed by atoms with E-state index in [1.54, 1.807) is 24.2 Å². The standard InChI is InChI=1S/C16H17ClN2O2/c1-19(16(20)14-7-8-18-11-15(14)17)9-10-21-12-13-5-3-2-4-6-13/h2-8,11H,9-10,12H2,1H3. The SMILES string of the molecule is CN(CCOCc1ccccc1)C(=O)c1ccncc1Cl. The van der Waals surface area contributed by atoms with Gasteiger partial charge < -0.3 is 9.64 Å². The van der Waals surface area contributed by atoms with E-state index in [1.807, 2.05) is 30.3 Å². The van der Waals surface area contributed by atoms with E-state index in [0.717, 1.165) is 5.56 Å². The second-order valence-electron chi connectivity index (χ2n) is 4.62. The van der Waals surface area contributed by atoms with Crippen LogP contribution in [-0.2, 0) is 11.3 Å². The molecule has 0 aliphatic rings. The van der Waals surface area contributed by atoms with E-state index in [0.29, 0.717) is 30.3 Å². The summed E-state index contributed by atoms with van der Waals surface area (Å²) in [5, 5.41) is 0.361. The van der Waals surface area contributed by atoms with Gasteiger partial charge in [-0.15, -0.1) is 0 Å². The van der Waals surface area contributed by atoms with E-state index < -0.39 is 0 Å². The van der Waals surface area contributed by atoms with E-state index >= 15 is 0 Å². The summed E-state index contributed by atoms with van der Waals surface area (Å²) >= 11 is 5.96. The fourth-order valence-corrected chi connectivity index (χ4v) is 2.02. The summed E-state index contributed by atoms with van der Waals surface area (Å²) < 4.78 is 5.57. The highest BCUT2D eigenvalue weighted by Crippen LogP contribution is 2.15. The van der Waals surface area contributed by atoms with Gasteiger partial charge in [-0.2, -0.15) is 0 Å². The Morgan fingerprint density at radius 3 is 2.76 bits per heavy atom. The fraction of sp³-hybridized carbons (Fsp3) is 0.250. The quantitative estimate of drug-likeness (QED) is 0.770. The minimum atomic E-state index is -0.134. The Balaban J connectivity index is 1.78. The van der Waals surface area contributed by atoms with Crippen LogP contribution in [0.1, 0.15) is 15.9 Å². The van der Waals surface area contributed by atoms with Gasteiger partial charge in [-0.25, -0.2) is 0 Å². The zero-order valence-electron chi connectivity index (χ0n) is 11.8. The van der Waals surface area contributed by atoms with Crippen molar-refractivity contribution in [2.45, 2.75) is 6.61 Å². The van der Waals surface area contributed by atoms with E-state index in [9.17, 15) is 4.79 Å². The minimum absolute atomic E-state index is 0.134. The molecule has 0 unspecified atom stereocenters. The zero-order chi connectivity index (χ0) is 15.1. The van der Waals surface area contributed by atoms with Crippen molar-refractivity contribution in [2.75, 3.05) is 20.2 Å². The second-order valence-corrected chi connectivity index (χ2v) is 5.03. The molecule has 2 rings (SSSR count). The summed E-state index contributed by atoms with van der Waals surface area (Å²) in [5.74, 6) is -0.134. The number of hydrogen-bond acceptors (Lipinski definition) is 3.